The van der Waals surface area contributed by atoms with E-state index in [1.165, 1.54) is 0 Å². The lowest BCUT2D eigenvalue weighted by atomic mass is 10.2. The topological polar surface area (TPSA) is 73.0 Å². The molecule has 0 spiro atoms. The van der Waals surface area contributed by atoms with Crippen molar-refractivity contribution in [1.29, 1.82) is 0 Å². The van der Waals surface area contributed by atoms with Crippen molar-refractivity contribution in [1.82, 2.24) is 20.3 Å². The number of benzene rings is 1. The Morgan fingerprint density at radius 3 is 3.05 bits per heavy atom. The lowest BCUT2D eigenvalue weighted by molar-refractivity contribution is 0.0954. The van der Waals surface area contributed by atoms with E-state index in [4.69, 9.17) is 4.42 Å². The Labute approximate surface area is 121 Å². The fraction of sp³-hybridized carbons (Fsp3) is 0.267. The van der Waals surface area contributed by atoms with Crippen LogP contribution in [0.4, 0.5) is 0 Å². The quantitative estimate of drug-likeness (QED) is 0.778. The predicted molar refractivity (Wildman–Crippen MR) is 77.9 cm³/mol. The van der Waals surface area contributed by atoms with Crippen molar-refractivity contribution in [3.8, 4) is 0 Å². The summed E-state index contributed by atoms with van der Waals surface area (Å²) in [6.45, 7) is 3.29. The molecular weight excluding hydrogens is 268 g/mol. The van der Waals surface area contributed by atoms with Crippen molar-refractivity contribution in [3.63, 3.8) is 0 Å². The van der Waals surface area contributed by atoms with Crippen LogP contribution in [0.5, 0.6) is 0 Å². The second-order valence-corrected chi connectivity index (χ2v) is 4.69. The predicted octanol–water partition coefficient (Wildman–Crippen LogP) is 2.02. The lowest BCUT2D eigenvalue weighted by Gasteiger charge is -2.04. The first kappa shape index (κ1) is 13.4. The molecule has 3 aromatic rings. The summed E-state index contributed by atoms with van der Waals surface area (Å²) in [7, 11) is 0. The molecule has 2 heterocycles. The molecule has 0 aliphatic rings. The van der Waals surface area contributed by atoms with Gasteiger partial charge >= 0.3 is 0 Å². The van der Waals surface area contributed by atoms with Gasteiger partial charge in [0.15, 0.2) is 0 Å². The van der Waals surface area contributed by atoms with E-state index in [0.717, 1.165) is 23.3 Å². The SMILES string of the molecule is CCn1nnc2cc(C(=O)NCCc3ccco3)ccc21. The highest BCUT2D eigenvalue weighted by atomic mass is 16.3. The third kappa shape index (κ3) is 2.79. The number of nitrogens with one attached hydrogen (secondary N) is 1. The maximum atomic E-state index is 12.1. The summed E-state index contributed by atoms with van der Waals surface area (Å²) in [6, 6.07) is 9.15. The molecule has 108 valence electrons. The van der Waals surface area contributed by atoms with Gasteiger partial charge in [-0.3, -0.25) is 4.79 Å². The van der Waals surface area contributed by atoms with Gasteiger partial charge in [0, 0.05) is 25.1 Å². The molecule has 0 aliphatic carbocycles. The number of aryl methyl sites for hydroxylation is 1. The normalized spacial score (nSPS) is 10.9. The molecule has 0 fully saturated rings. The van der Waals surface area contributed by atoms with Gasteiger partial charge in [-0.1, -0.05) is 5.21 Å². The number of amides is 1. The van der Waals surface area contributed by atoms with Crippen molar-refractivity contribution in [2.45, 2.75) is 19.9 Å². The van der Waals surface area contributed by atoms with Crippen molar-refractivity contribution < 1.29 is 9.21 Å². The van der Waals surface area contributed by atoms with E-state index in [1.807, 2.05) is 25.1 Å². The monoisotopic (exact) mass is 284 g/mol. The first-order chi connectivity index (χ1) is 10.3. The van der Waals surface area contributed by atoms with Crippen LogP contribution in [0.1, 0.15) is 23.0 Å². The fourth-order valence-corrected chi connectivity index (χ4v) is 2.20. The number of aromatic nitrogens is 3. The number of fused-ring (bicyclic) bond motifs is 1. The molecule has 1 amide bonds. The minimum Gasteiger partial charge on any atom is -0.469 e. The lowest BCUT2D eigenvalue weighted by Crippen LogP contribution is -2.25. The maximum absolute atomic E-state index is 12.1. The van der Waals surface area contributed by atoms with Gasteiger partial charge in [0.2, 0.25) is 0 Å². The number of nitrogens with zero attached hydrogens (tertiary/aromatic N) is 3. The first-order valence-electron chi connectivity index (χ1n) is 6.91. The molecule has 6 heteroatoms. The highest BCUT2D eigenvalue weighted by Gasteiger charge is 2.09. The van der Waals surface area contributed by atoms with Gasteiger partial charge in [-0.25, -0.2) is 4.68 Å². The zero-order valence-electron chi connectivity index (χ0n) is 11.7. The minimum absolute atomic E-state index is 0.116. The molecule has 3 rings (SSSR count). The number of hydrogen-bond donors (Lipinski definition) is 1. The summed E-state index contributed by atoms with van der Waals surface area (Å²) in [5.74, 6) is 0.742. The average molecular weight is 284 g/mol. The van der Waals surface area contributed by atoms with E-state index in [1.54, 1.807) is 23.1 Å². The van der Waals surface area contributed by atoms with Crippen LogP contribution in [-0.4, -0.2) is 27.4 Å². The number of furan rings is 1. The molecular formula is C15H16N4O2. The van der Waals surface area contributed by atoms with E-state index in [2.05, 4.69) is 15.6 Å². The van der Waals surface area contributed by atoms with Crippen molar-refractivity contribution in [3.05, 3.63) is 47.9 Å². The van der Waals surface area contributed by atoms with Crippen LogP contribution in [0.15, 0.2) is 41.0 Å². The van der Waals surface area contributed by atoms with Crippen molar-refractivity contribution in [2.75, 3.05) is 6.54 Å². The molecule has 0 radical (unpaired) electrons. The van der Waals surface area contributed by atoms with Crippen LogP contribution in [0, 0.1) is 0 Å². The van der Waals surface area contributed by atoms with Crippen LogP contribution in [0.2, 0.25) is 0 Å². The minimum atomic E-state index is -0.116. The summed E-state index contributed by atoms with van der Waals surface area (Å²) in [5.41, 5.74) is 2.25. The Bertz CT molecular complexity index is 746. The standard InChI is InChI=1S/C15H16N4O2/c1-2-19-14-6-5-11(10-13(14)17-18-19)15(20)16-8-7-12-4-3-9-21-12/h3-6,9-10H,2,7-8H2,1H3,(H,16,20). The van der Waals surface area contributed by atoms with Gasteiger partial charge in [0.1, 0.15) is 11.3 Å². The van der Waals surface area contributed by atoms with Gasteiger partial charge in [0.25, 0.3) is 5.91 Å². The van der Waals surface area contributed by atoms with Crippen LogP contribution in [-0.2, 0) is 13.0 Å². The number of rotatable bonds is 5. The molecule has 0 saturated carbocycles. The molecule has 21 heavy (non-hydrogen) atoms. The zero-order chi connectivity index (χ0) is 14.7. The second-order valence-electron chi connectivity index (χ2n) is 4.69. The Balaban J connectivity index is 1.66. The summed E-state index contributed by atoms with van der Waals surface area (Å²) < 4.78 is 7.02. The number of carbonyl (C=O) groups is 1. The molecule has 0 unspecified atom stereocenters. The molecule has 0 atom stereocenters. The third-order valence-corrected chi connectivity index (χ3v) is 3.31. The fourth-order valence-electron chi connectivity index (χ4n) is 2.20. The third-order valence-electron chi connectivity index (χ3n) is 3.31. The summed E-state index contributed by atoms with van der Waals surface area (Å²) in [4.78, 5) is 12.1. The van der Waals surface area contributed by atoms with E-state index in [9.17, 15) is 4.79 Å². The van der Waals surface area contributed by atoms with Crippen LogP contribution < -0.4 is 5.32 Å². The smallest absolute Gasteiger partial charge is 0.251 e. The summed E-state index contributed by atoms with van der Waals surface area (Å²) in [5, 5.41) is 11.0. The molecule has 0 saturated heterocycles. The van der Waals surface area contributed by atoms with E-state index < -0.39 is 0 Å². The van der Waals surface area contributed by atoms with Crippen LogP contribution >= 0.6 is 0 Å². The van der Waals surface area contributed by atoms with Crippen LogP contribution in [0.3, 0.4) is 0 Å². The molecule has 6 nitrogen and oxygen atoms in total. The van der Waals surface area contributed by atoms with Crippen LogP contribution in [0.25, 0.3) is 11.0 Å². The average Bonchev–Trinajstić information content (AvgIpc) is 3.15. The van der Waals surface area contributed by atoms with Gasteiger partial charge < -0.3 is 9.73 Å². The Kier molecular flexibility index (Phi) is 3.68. The van der Waals surface area contributed by atoms with E-state index >= 15 is 0 Å². The maximum Gasteiger partial charge on any atom is 0.251 e. The number of hydrogen-bond acceptors (Lipinski definition) is 4. The highest BCUT2D eigenvalue weighted by molar-refractivity contribution is 5.97. The van der Waals surface area contributed by atoms with Gasteiger partial charge in [0.05, 0.1) is 11.8 Å². The van der Waals surface area contributed by atoms with E-state index in [-0.39, 0.29) is 5.91 Å². The highest BCUT2D eigenvalue weighted by Crippen LogP contribution is 2.13. The summed E-state index contributed by atoms with van der Waals surface area (Å²) >= 11 is 0. The van der Waals surface area contributed by atoms with Crippen molar-refractivity contribution in [2.24, 2.45) is 0 Å². The Hall–Kier alpha value is -2.63. The first-order valence-corrected chi connectivity index (χ1v) is 6.91. The van der Waals surface area contributed by atoms with Gasteiger partial charge in [-0.15, -0.1) is 5.10 Å². The van der Waals surface area contributed by atoms with Gasteiger partial charge in [-0.2, -0.15) is 0 Å². The Morgan fingerprint density at radius 1 is 1.38 bits per heavy atom. The molecule has 0 bridgehead atoms. The zero-order valence-corrected chi connectivity index (χ0v) is 11.7. The van der Waals surface area contributed by atoms with Gasteiger partial charge in [-0.05, 0) is 37.3 Å². The van der Waals surface area contributed by atoms with Crippen molar-refractivity contribution >= 4 is 16.9 Å². The summed E-state index contributed by atoms with van der Waals surface area (Å²) in [6.07, 6.45) is 2.30. The van der Waals surface area contributed by atoms with E-state index in [0.29, 0.717) is 18.5 Å². The molecule has 2 aromatic heterocycles. The molecule has 1 N–H and O–H groups in total. The second kappa shape index (κ2) is 5.78. The Morgan fingerprint density at radius 2 is 2.29 bits per heavy atom. The largest absolute Gasteiger partial charge is 0.469 e. The number of carbonyl (C=O) groups excluding carboxylic acids is 1. The molecule has 1 aromatic carbocycles. The molecule has 0 aliphatic heterocycles.